The molecule has 0 amide bonds. The molecule has 2 aromatic heterocycles. The third-order valence-electron chi connectivity index (χ3n) is 5.47. The molecule has 9 heteroatoms. The summed E-state index contributed by atoms with van der Waals surface area (Å²) in [5.41, 5.74) is 2.45. The van der Waals surface area contributed by atoms with E-state index in [9.17, 15) is 19.7 Å². The number of aromatic amines is 1. The van der Waals surface area contributed by atoms with Crippen LogP contribution < -0.4 is 9.47 Å². The number of nitro groups is 1. The zero-order chi connectivity index (χ0) is 26.2. The van der Waals surface area contributed by atoms with Crippen LogP contribution in [0.5, 0.6) is 11.5 Å². The number of benzene rings is 2. The van der Waals surface area contributed by atoms with Gasteiger partial charge in [-0.25, -0.2) is 0 Å². The molecule has 2 aromatic carbocycles. The number of ketones is 2. The van der Waals surface area contributed by atoms with Crippen LogP contribution in [-0.4, -0.2) is 33.6 Å². The number of ether oxygens (including phenoxy) is 2. The second-order valence-electron chi connectivity index (χ2n) is 7.99. The molecule has 0 bridgehead atoms. The van der Waals surface area contributed by atoms with Crippen LogP contribution in [0.1, 0.15) is 23.2 Å². The first-order chi connectivity index (χ1) is 17.9. The van der Waals surface area contributed by atoms with Crippen LogP contribution in [0, 0.1) is 10.1 Å². The van der Waals surface area contributed by atoms with Crippen LogP contribution in [0.2, 0.25) is 0 Å². The summed E-state index contributed by atoms with van der Waals surface area (Å²) >= 11 is 0. The minimum Gasteiger partial charge on any atom is -0.496 e. The summed E-state index contributed by atoms with van der Waals surface area (Å²) < 4.78 is 11.2. The number of aromatic nitrogens is 2. The Balaban J connectivity index is 1.38. The zero-order valence-corrected chi connectivity index (χ0v) is 19.9. The van der Waals surface area contributed by atoms with Gasteiger partial charge in [0.2, 0.25) is 0 Å². The highest BCUT2D eigenvalue weighted by Gasteiger charge is 2.15. The first-order valence-electron chi connectivity index (χ1n) is 11.3. The predicted octanol–water partition coefficient (Wildman–Crippen LogP) is 5.31. The molecule has 2 heterocycles. The number of nitro benzene ring substituents is 1. The van der Waals surface area contributed by atoms with E-state index < -0.39 is 16.5 Å². The molecule has 186 valence electrons. The Labute approximate surface area is 212 Å². The quantitative estimate of drug-likeness (QED) is 0.129. The van der Waals surface area contributed by atoms with Gasteiger partial charge in [0, 0.05) is 35.7 Å². The number of rotatable bonds is 11. The molecule has 0 aliphatic rings. The Morgan fingerprint density at radius 1 is 1.03 bits per heavy atom. The highest BCUT2D eigenvalue weighted by molar-refractivity contribution is 6.11. The van der Waals surface area contributed by atoms with Gasteiger partial charge in [-0.05, 0) is 54.6 Å². The second-order valence-corrected chi connectivity index (χ2v) is 7.99. The maximum atomic E-state index is 12.4. The molecule has 0 spiro atoms. The van der Waals surface area contributed by atoms with Gasteiger partial charge in [-0.3, -0.25) is 24.7 Å². The number of hydrogen-bond donors (Lipinski definition) is 1. The highest BCUT2D eigenvalue weighted by Crippen LogP contribution is 2.29. The van der Waals surface area contributed by atoms with Crippen molar-refractivity contribution in [3.8, 4) is 11.5 Å². The summed E-state index contributed by atoms with van der Waals surface area (Å²) in [5.74, 6) is 0.281. The number of hydrogen-bond acceptors (Lipinski definition) is 7. The average molecular weight is 498 g/mol. The van der Waals surface area contributed by atoms with Crippen molar-refractivity contribution in [1.82, 2.24) is 9.97 Å². The number of fused-ring (bicyclic) bond motifs is 1. The van der Waals surface area contributed by atoms with E-state index in [0.717, 1.165) is 5.69 Å². The van der Waals surface area contributed by atoms with Gasteiger partial charge in [0.15, 0.2) is 11.6 Å². The number of pyridine rings is 1. The molecule has 0 aliphatic carbocycles. The fraction of sp³-hybridized carbons (Fsp3) is 0.107. The summed E-state index contributed by atoms with van der Waals surface area (Å²) in [7, 11) is 1.51. The van der Waals surface area contributed by atoms with Gasteiger partial charge in [-0.1, -0.05) is 12.1 Å². The Hall–Kier alpha value is -5.05. The first-order valence-corrected chi connectivity index (χ1v) is 11.3. The summed E-state index contributed by atoms with van der Waals surface area (Å²) in [6, 6.07) is 15.5. The van der Waals surface area contributed by atoms with E-state index in [1.165, 1.54) is 31.4 Å². The van der Waals surface area contributed by atoms with Crippen LogP contribution in [0.4, 0.5) is 5.69 Å². The van der Waals surface area contributed by atoms with E-state index in [-0.39, 0.29) is 12.1 Å². The number of carbonyl (C=O) groups excluding carboxylic acids is 2. The summed E-state index contributed by atoms with van der Waals surface area (Å²) in [6.45, 7) is 0.305. The van der Waals surface area contributed by atoms with E-state index in [1.807, 2.05) is 18.2 Å². The van der Waals surface area contributed by atoms with Crippen molar-refractivity contribution in [2.75, 3.05) is 7.11 Å². The van der Waals surface area contributed by atoms with Crippen molar-refractivity contribution in [2.24, 2.45) is 0 Å². The molecule has 4 aromatic rings. The number of methoxy groups -OCH3 is 1. The van der Waals surface area contributed by atoms with Gasteiger partial charge < -0.3 is 14.5 Å². The lowest BCUT2D eigenvalue weighted by Crippen LogP contribution is -2.02. The van der Waals surface area contributed by atoms with Gasteiger partial charge in [-0.2, -0.15) is 0 Å². The van der Waals surface area contributed by atoms with Crippen molar-refractivity contribution < 1.29 is 24.0 Å². The standard InChI is InChI=1S/C28H23N3O6/c1-36-27-16-24(37-18-21-5-2-3-14-29-21)13-10-19(27)8-11-22(32)15-23(33)12-9-20-17-30-25-6-4-7-26(28(20)25)31(34)35/h2-14,16-17,30H,15,18H2,1H3/b11-8+,12-9+. The Morgan fingerprint density at radius 3 is 2.51 bits per heavy atom. The zero-order valence-electron chi connectivity index (χ0n) is 19.9. The molecule has 0 atom stereocenters. The van der Waals surface area contributed by atoms with E-state index in [1.54, 1.807) is 48.8 Å². The first kappa shape index (κ1) is 25.1. The highest BCUT2D eigenvalue weighted by atomic mass is 16.6. The normalized spacial score (nSPS) is 11.3. The molecule has 1 N–H and O–H groups in total. The van der Waals surface area contributed by atoms with Crippen LogP contribution in [0.25, 0.3) is 23.1 Å². The van der Waals surface area contributed by atoms with Crippen LogP contribution in [0.15, 0.2) is 79.1 Å². The molecule has 0 saturated heterocycles. The van der Waals surface area contributed by atoms with E-state index in [2.05, 4.69) is 9.97 Å². The van der Waals surface area contributed by atoms with Crippen molar-refractivity contribution in [1.29, 1.82) is 0 Å². The molecule has 0 fully saturated rings. The van der Waals surface area contributed by atoms with Crippen molar-refractivity contribution in [2.45, 2.75) is 13.0 Å². The molecular formula is C28H23N3O6. The molecule has 9 nitrogen and oxygen atoms in total. The Bertz CT molecular complexity index is 1510. The van der Waals surface area contributed by atoms with Gasteiger partial charge in [0.1, 0.15) is 18.1 Å². The predicted molar refractivity (Wildman–Crippen MR) is 139 cm³/mol. The molecule has 0 aliphatic heterocycles. The maximum Gasteiger partial charge on any atom is 0.279 e. The fourth-order valence-electron chi connectivity index (χ4n) is 3.69. The molecule has 4 rings (SSSR count). The number of nitrogens with zero attached hydrogens (tertiary/aromatic N) is 2. The summed E-state index contributed by atoms with van der Waals surface area (Å²) in [5, 5.41) is 11.7. The van der Waals surface area contributed by atoms with Gasteiger partial charge in [-0.15, -0.1) is 0 Å². The molecule has 37 heavy (non-hydrogen) atoms. The number of H-pyrrole nitrogens is 1. The molecule has 0 unspecified atom stereocenters. The largest absolute Gasteiger partial charge is 0.496 e. The number of non-ortho nitro benzene ring substituents is 1. The van der Waals surface area contributed by atoms with E-state index in [4.69, 9.17) is 9.47 Å². The smallest absolute Gasteiger partial charge is 0.279 e. The third-order valence-corrected chi connectivity index (χ3v) is 5.47. The molecular weight excluding hydrogens is 474 g/mol. The van der Waals surface area contributed by atoms with Crippen molar-refractivity contribution in [3.63, 3.8) is 0 Å². The molecule has 0 saturated carbocycles. The lowest BCUT2D eigenvalue weighted by Gasteiger charge is -2.09. The van der Waals surface area contributed by atoms with E-state index >= 15 is 0 Å². The third kappa shape index (κ3) is 6.34. The summed E-state index contributed by atoms with van der Waals surface area (Å²) in [4.78, 5) is 42.7. The monoisotopic (exact) mass is 497 g/mol. The summed E-state index contributed by atoms with van der Waals surface area (Å²) in [6.07, 6.45) is 8.54. The number of nitrogens with one attached hydrogen (secondary N) is 1. The van der Waals surface area contributed by atoms with Gasteiger partial charge in [0.05, 0.1) is 35.1 Å². The molecule has 0 radical (unpaired) electrons. The van der Waals surface area contributed by atoms with Gasteiger partial charge >= 0.3 is 0 Å². The van der Waals surface area contributed by atoms with Gasteiger partial charge in [0.25, 0.3) is 5.69 Å². The maximum absolute atomic E-state index is 12.4. The fourth-order valence-corrected chi connectivity index (χ4v) is 3.69. The van der Waals surface area contributed by atoms with Crippen LogP contribution in [0.3, 0.4) is 0 Å². The minimum absolute atomic E-state index is 0.0630. The Morgan fingerprint density at radius 2 is 1.81 bits per heavy atom. The SMILES string of the molecule is COc1cc(OCc2ccccn2)ccc1/C=C/C(=O)CC(=O)/C=C/c1c[nH]c2cccc([N+](=O)[O-])c12. The Kier molecular flexibility index (Phi) is 7.85. The minimum atomic E-state index is -0.475. The van der Waals surface area contributed by atoms with Crippen LogP contribution >= 0.6 is 0 Å². The number of allylic oxidation sites excluding steroid dienone is 2. The second kappa shape index (κ2) is 11.6. The average Bonchev–Trinajstić information content (AvgIpc) is 3.33. The topological polar surface area (TPSA) is 124 Å². The lowest BCUT2D eigenvalue weighted by molar-refractivity contribution is -0.383. The lowest BCUT2D eigenvalue weighted by atomic mass is 10.1. The van der Waals surface area contributed by atoms with E-state index in [0.29, 0.717) is 40.1 Å². The van der Waals surface area contributed by atoms with Crippen molar-refractivity contribution >= 4 is 40.3 Å². The van der Waals surface area contributed by atoms with Crippen LogP contribution in [-0.2, 0) is 16.2 Å². The van der Waals surface area contributed by atoms with Crippen molar-refractivity contribution in [3.05, 3.63) is 106 Å². The number of carbonyl (C=O) groups is 2.